The summed E-state index contributed by atoms with van der Waals surface area (Å²) >= 11 is 6.61. The molecule has 0 saturated carbocycles. The normalized spacial score (nSPS) is 11.6. The van der Waals surface area contributed by atoms with Crippen LogP contribution in [-0.2, 0) is 10.0 Å². The van der Waals surface area contributed by atoms with E-state index in [4.69, 9.17) is 11.6 Å². The van der Waals surface area contributed by atoms with Crippen LogP contribution in [0.4, 0.5) is 5.69 Å². The standard InChI is InChI=1S/C12H13ClN2O3S2/c1-3-15(10-6-9(16)5-4-8(10)2)20(17,18)11-7-14-12(13)19-11/h4-7,16H,3H2,1-2H3. The number of nitrogens with zero attached hydrogens (tertiary/aromatic N) is 2. The molecule has 0 bridgehead atoms. The van der Waals surface area contributed by atoms with Crippen molar-refractivity contribution in [1.29, 1.82) is 0 Å². The maximum atomic E-state index is 12.6. The lowest BCUT2D eigenvalue weighted by atomic mass is 10.2. The van der Waals surface area contributed by atoms with Gasteiger partial charge in [0.05, 0.1) is 11.9 Å². The van der Waals surface area contributed by atoms with Crippen LogP contribution in [0.25, 0.3) is 0 Å². The molecule has 1 N–H and O–H groups in total. The molecule has 0 aliphatic heterocycles. The van der Waals surface area contributed by atoms with Gasteiger partial charge in [-0.1, -0.05) is 29.0 Å². The third-order valence-corrected chi connectivity index (χ3v) is 6.19. The summed E-state index contributed by atoms with van der Waals surface area (Å²) in [6.07, 6.45) is 1.24. The molecule has 20 heavy (non-hydrogen) atoms. The second-order valence-electron chi connectivity index (χ2n) is 4.07. The Bertz CT molecular complexity index is 728. The number of aromatic hydroxyl groups is 1. The molecule has 0 atom stereocenters. The van der Waals surface area contributed by atoms with Gasteiger partial charge in [0.2, 0.25) is 0 Å². The number of sulfonamides is 1. The molecule has 1 aromatic carbocycles. The van der Waals surface area contributed by atoms with Gasteiger partial charge in [0.25, 0.3) is 10.0 Å². The highest BCUT2D eigenvalue weighted by atomic mass is 35.5. The van der Waals surface area contributed by atoms with Crippen LogP contribution in [0.5, 0.6) is 5.75 Å². The van der Waals surface area contributed by atoms with Gasteiger partial charge in [0, 0.05) is 12.6 Å². The van der Waals surface area contributed by atoms with E-state index in [2.05, 4.69) is 4.98 Å². The molecule has 0 radical (unpaired) electrons. The maximum Gasteiger partial charge on any atom is 0.275 e. The van der Waals surface area contributed by atoms with Gasteiger partial charge < -0.3 is 5.11 Å². The van der Waals surface area contributed by atoms with Gasteiger partial charge in [0.1, 0.15) is 5.75 Å². The Morgan fingerprint density at radius 2 is 2.15 bits per heavy atom. The number of aryl methyl sites for hydroxylation is 1. The SMILES string of the molecule is CCN(c1cc(O)ccc1C)S(=O)(=O)c1cnc(Cl)s1. The van der Waals surface area contributed by atoms with Gasteiger partial charge in [-0.05, 0) is 25.5 Å². The second kappa shape index (κ2) is 5.59. The van der Waals surface area contributed by atoms with Crippen LogP contribution in [0.1, 0.15) is 12.5 Å². The summed E-state index contributed by atoms with van der Waals surface area (Å²) in [6, 6.07) is 4.62. The zero-order chi connectivity index (χ0) is 14.9. The Kier molecular flexibility index (Phi) is 4.22. The number of aromatic nitrogens is 1. The topological polar surface area (TPSA) is 70.5 Å². The molecule has 0 aliphatic carbocycles. The number of hydrogen-bond acceptors (Lipinski definition) is 5. The first-order chi connectivity index (χ1) is 9.36. The molecule has 1 aromatic heterocycles. The van der Waals surface area contributed by atoms with Crippen molar-refractivity contribution in [2.75, 3.05) is 10.8 Å². The van der Waals surface area contributed by atoms with Crippen LogP contribution in [0.15, 0.2) is 28.6 Å². The molecule has 2 rings (SSSR count). The Morgan fingerprint density at radius 3 is 2.70 bits per heavy atom. The third kappa shape index (κ3) is 2.74. The summed E-state index contributed by atoms with van der Waals surface area (Å²) in [5.74, 6) is 0.0154. The van der Waals surface area contributed by atoms with Gasteiger partial charge in [-0.3, -0.25) is 4.31 Å². The largest absolute Gasteiger partial charge is 0.508 e. The number of benzene rings is 1. The van der Waals surface area contributed by atoms with Crippen LogP contribution in [0, 0.1) is 6.92 Å². The Morgan fingerprint density at radius 1 is 1.45 bits per heavy atom. The maximum absolute atomic E-state index is 12.6. The number of thiazole rings is 1. The number of phenols is 1. The molecule has 0 amide bonds. The van der Waals surface area contributed by atoms with E-state index in [1.807, 2.05) is 0 Å². The van der Waals surface area contributed by atoms with Crippen molar-refractivity contribution in [3.05, 3.63) is 34.4 Å². The number of halogens is 1. The van der Waals surface area contributed by atoms with Gasteiger partial charge in [-0.2, -0.15) is 0 Å². The Hall–Kier alpha value is -1.31. The van der Waals surface area contributed by atoms with Crippen LogP contribution in [-0.4, -0.2) is 25.1 Å². The van der Waals surface area contributed by atoms with E-state index in [-0.39, 0.29) is 21.0 Å². The predicted octanol–water partition coefficient (Wildman–Crippen LogP) is 3.03. The Labute approximate surface area is 126 Å². The minimum atomic E-state index is -3.73. The fraction of sp³-hybridized carbons (Fsp3) is 0.250. The van der Waals surface area contributed by atoms with Gasteiger partial charge in [0.15, 0.2) is 8.68 Å². The number of anilines is 1. The molecule has 1 heterocycles. The van der Waals surface area contributed by atoms with E-state index in [0.717, 1.165) is 16.9 Å². The minimum Gasteiger partial charge on any atom is -0.508 e. The third-order valence-electron chi connectivity index (χ3n) is 2.75. The molecular formula is C12H13ClN2O3S2. The summed E-state index contributed by atoms with van der Waals surface area (Å²) < 4.78 is 26.7. The molecule has 8 heteroatoms. The summed E-state index contributed by atoms with van der Waals surface area (Å²) in [5.41, 5.74) is 1.20. The number of phenolic OH excluding ortho intramolecular Hbond substituents is 1. The van der Waals surface area contributed by atoms with Gasteiger partial charge >= 0.3 is 0 Å². The van der Waals surface area contributed by atoms with E-state index in [1.54, 1.807) is 19.9 Å². The zero-order valence-corrected chi connectivity index (χ0v) is 13.3. The number of hydrogen-bond donors (Lipinski definition) is 1. The van der Waals surface area contributed by atoms with E-state index in [1.165, 1.54) is 22.6 Å². The van der Waals surface area contributed by atoms with Gasteiger partial charge in [-0.15, -0.1) is 0 Å². The Balaban J connectivity index is 2.54. The van der Waals surface area contributed by atoms with E-state index >= 15 is 0 Å². The van der Waals surface area contributed by atoms with E-state index < -0.39 is 10.0 Å². The first kappa shape index (κ1) is 15.1. The number of rotatable bonds is 4. The zero-order valence-electron chi connectivity index (χ0n) is 10.9. The van der Waals surface area contributed by atoms with Crippen LogP contribution < -0.4 is 4.31 Å². The van der Waals surface area contributed by atoms with E-state index in [0.29, 0.717) is 5.69 Å². The summed E-state index contributed by atoms with van der Waals surface area (Å²) in [6.45, 7) is 3.75. The molecule has 0 aliphatic rings. The van der Waals surface area contributed by atoms with Crippen molar-refractivity contribution in [3.8, 4) is 5.75 Å². The highest BCUT2D eigenvalue weighted by Gasteiger charge is 2.27. The monoisotopic (exact) mass is 332 g/mol. The molecule has 0 saturated heterocycles. The van der Waals surface area contributed by atoms with Crippen molar-refractivity contribution in [1.82, 2.24) is 4.98 Å². The van der Waals surface area contributed by atoms with Crippen LogP contribution >= 0.6 is 22.9 Å². The van der Waals surface area contributed by atoms with Crippen molar-refractivity contribution in [3.63, 3.8) is 0 Å². The fourth-order valence-electron chi connectivity index (χ4n) is 1.80. The van der Waals surface area contributed by atoms with Crippen LogP contribution in [0.2, 0.25) is 4.47 Å². The highest BCUT2D eigenvalue weighted by molar-refractivity contribution is 7.94. The fourth-order valence-corrected chi connectivity index (χ4v) is 4.74. The molecule has 2 aromatic rings. The van der Waals surface area contributed by atoms with Crippen molar-refractivity contribution >= 4 is 38.6 Å². The lowest BCUT2D eigenvalue weighted by Gasteiger charge is -2.23. The van der Waals surface area contributed by atoms with Crippen molar-refractivity contribution in [2.24, 2.45) is 0 Å². The highest BCUT2D eigenvalue weighted by Crippen LogP contribution is 2.32. The average Bonchev–Trinajstić information content (AvgIpc) is 2.81. The predicted molar refractivity (Wildman–Crippen MR) is 80.2 cm³/mol. The minimum absolute atomic E-state index is 0.0154. The summed E-state index contributed by atoms with van der Waals surface area (Å²) in [4.78, 5) is 3.76. The molecule has 108 valence electrons. The molecular weight excluding hydrogens is 320 g/mol. The quantitative estimate of drug-likeness (QED) is 0.934. The molecule has 5 nitrogen and oxygen atoms in total. The average molecular weight is 333 g/mol. The first-order valence-electron chi connectivity index (χ1n) is 5.80. The first-order valence-corrected chi connectivity index (χ1v) is 8.43. The van der Waals surface area contributed by atoms with E-state index in [9.17, 15) is 13.5 Å². The summed E-state index contributed by atoms with van der Waals surface area (Å²) in [5, 5.41) is 9.57. The molecule has 0 spiro atoms. The van der Waals surface area contributed by atoms with Gasteiger partial charge in [-0.25, -0.2) is 13.4 Å². The van der Waals surface area contributed by atoms with Crippen molar-refractivity contribution in [2.45, 2.75) is 18.1 Å². The van der Waals surface area contributed by atoms with Crippen LogP contribution in [0.3, 0.4) is 0 Å². The molecule has 0 unspecified atom stereocenters. The smallest absolute Gasteiger partial charge is 0.275 e. The lowest BCUT2D eigenvalue weighted by Crippen LogP contribution is -2.30. The lowest BCUT2D eigenvalue weighted by molar-refractivity contribution is 0.475. The summed E-state index contributed by atoms with van der Waals surface area (Å²) in [7, 11) is -3.73. The second-order valence-corrected chi connectivity index (χ2v) is 7.77. The molecule has 0 fully saturated rings. The van der Waals surface area contributed by atoms with Crippen molar-refractivity contribution < 1.29 is 13.5 Å².